The summed E-state index contributed by atoms with van der Waals surface area (Å²) in [4.78, 5) is 31.8. The van der Waals surface area contributed by atoms with Crippen LogP contribution in [0.15, 0.2) is 0 Å². The molecule has 0 heterocycles. The summed E-state index contributed by atoms with van der Waals surface area (Å²) in [5.41, 5.74) is 0. The van der Waals surface area contributed by atoms with Gasteiger partial charge in [0.2, 0.25) is 0 Å². The van der Waals surface area contributed by atoms with Crippen molar-refractivity contribution in [3.63, 3.8) is 0 Å². The Morgan fingerprint density at radius 2 is 0.933 bits per heavy atom. The zero-order valence-electron chi connectivity index (χ0n) is 8.31. The summed E-state index contributed by atoms with van der Waals surface area (Å²) in [6.45, 7) is 3.73. The monoisotopic (exact) mass is 402 g/mol. The molecular weight excluding hydrogens is 393 g/mol. The van der Waals surface area contributed by atoms with Crippen LogP contribution in [-0.2, 0) is 14.4 Å². The zero-order chi connectivity index (χ0) is 12.8. The Kier molecular flexibility index (Phi) is 9.92. The average Bonchev–Trinajstić information content (AvgIpc) is 1.77. The number of hydrogen-bond donors (Lipinski definition) is 0. The Morgan fingerprint density at radius 1 is 0.800 bits per heavy atom. The van der Waals surface area contributed by atoms with Gasteiger partial charge in [-0.25, -0.2) is 0 Å². The number of rotatable bonds is 3. The summed E-state index contributed by atoms with van der Waals surface area (Å²) < 4.78 is 0. The molecule has 0 saturated carbocycles. The van der Waals surface area contributed by atoms with E-state index >= 15 is 0 Å². The van der Waals surface area contributed by atoms with Gasteiger partial charge in [-0.1, -0.05) is 0 Å². The van der Waals surface area contributed by atoms with Gasteiger partial charge in [0, 0.05) is 0 Å². The van der Waals surface area contributed by atoms with Crippen LogP contribution in [0.2, 0.25) is 0 Å². The molecular formula is C7H10Cl4O3Sn. The molecule has 0 spiro atoms. The van der Waals surface area contributed by atoms with Gasteiger partial charge >= 0.3 is 49.6 Å². The molecule has 8 heteroatoms. The Labute approximate surface area is 107 Å². The van der Waals surface area contributed by atoms with Crippen LogP contribution >= 0.6 is 35.7 Å². The number of hydrogen-bond acceptors (Lipinski definition) is 3. The minimum absolute atomic E-state index is 0.375. The molecule has 0 aromatic rings. The second-order valence-electron chi connectivity index (χ2n) is 2.69. The molecule has 0 amide bonds. The number of Topliss-reactive ketones (excluding diaryl/α,β-unsaturated/α-hetero) is 3. The first kappa shape index (κ1) is 18.3. The molecule has 0 saturated heterocycles. The van der Waals surface area contributed by atoms with E-state index in [1.165, 1.54) is 20.8 Å². The summed E-state index contributed by atoms with van der Waals surface area (Å²) in [6.07, 6.45) is 0. The number of carbonyl (C=O) groups is 3. The van der Waals surface area contributed by atoms with Crippen LogP contribution < -0.4 is 0 Å². The van der Waals surface area contributed by atoms with Gasteiger partial charge in [0.25, 0.3) is 0 Å². The molecule has 0 N–H and O–H groups in total. The van der Waals surface area contributed by atoms with Gasteiger partial charge < -0.3 is 0 Å². The average molecular weight is 403 g/mol. The van der Waals surface area contributed by atoms with Crippen LogP contribution in [0.25, 0.3) is 0 Å². The van der Waals surface area contributed by atoms with Crippen molar-refractivity contribution in [3.05, 3.63) is 0 Å². The summed E-state index contributed by atoms with van der Waals surface area (Å²) in [7, 11) is 20.1. The molecule has 0 radical (unpaired) electrons. The maximum absolute atomic E-state index is 10.6. The van der Waals surface area contributed by atoms with E-state index in [0.717, 1.165) is 0 Å². The van der Waals surface area contributed by atoms with Crippen molar-refractivity contribution < 1.29 is 14.4 Å². The molecule has 0 atom stereocenters. The van der Waals surface area contributed by atoms with Gasteiger partial charge in [-0.05, 0) is 20.8 Å². The van der Waals surface area contributed by atoms with Crippen molar-refractivity contribution in [1.82, 2.24) is 0 Å². The summed E-state index contributed by atoms with van der Waals surface area (Å²) in [5, 5.41) is 0. The molecule has 88 valence electrons. The molecule has 0 rings (SSSR count). The summed E-state index contributed by atoms with van der Waals surface area (Å²) >= 11 is -3.29. The van der Waals surface area contributed by atoms with E-state index in [1.807, 2.05) is 0 Å². The van der Waals surface area contributed by atoms with Gasteiger partial charge in [0.1, 0.15) is 23.3 Å². The predicted molar refractivity (Wildman–Crippen MR) is 64.7 cm³/mol. The van der Waals surface area contributed by atoms with E-state index in [0.29, 0.717) is 0 Å². The quantitative estimate of drug-likeness (QED) is 0.539. The summed E-state index contributed by atoms with van der Waals surface area (Å²) in [6, 6.07) is 0. The second-order valence-corrected chi connectivity index (χ2v) is 28.1. The van der Waals surface area contributed by atoms with Crippen LogP contribution in [0.5, 0.6) is 0 Å². The van der Waals surface area contributed by atoms with Crippen LogP contribution in [0, 0.1) is 5.92 Å². The van der Waals surface area contributed by atoms with E-state index in [2.05, 4.69) is 0 Å². The van der Waals surface area contributed by atoms with E-state index in [1.54, 1.807) is 0 Å². The van der Waals surface area contributed by atoms with Gasteiger partial charge in [0.15, 0.2) is 0 Å². The van der Waals surface area contributed by atoms with Crippen LogP contribution in [0.4, 0.5) is 0 Å². The van der Waals surface area contributed by atoms with Crippen LogP contribution in [-0.4, -0.2) is 31.2 Å². The molecule has 0 aromatic carbocycles. The molecule has 3 nitrogen and oxygen atoms in total. The van der Waals surface area contributed by atoms with Gasteiger partial charge in [-0.15, -0.1) is 0 Å². The van der Waals surface area contributed by atoms with Crippen molar-refractivity contribution in [2.45, 2.75) is 20.8 Å². The molecule has 0 fully saturated rings. The van der Waals surface area contributed by atoms with Crippen LogP contribution in [0.3, 0.4) is 0 Å². The van der Waals surface area contributed by atoms with Gasteiger partial charge in [0.05, 0.1) is 0 Å². The van der Waals surface area contributed by atoms with Crippen molar-refractivity contribution >= 4 is 66.9 Å². The summed E-state index contributed by atoms with van der Waals surface area (Å²) in [5.74, 6) is -2.15. The first-order valence-electron chi connectivity index (χ1n) is 3.73. The van der Waals surface area contributed by atoms with Crippen LogP contribution in [0.1, 0.15) is 20.8 Å². The normalized spacial score (nSPS) is 10.4. The Morgan fingerprint density at radius 3 is 0.933 bits per heavy atom. The molecule has 15 heavy (non-hydrogen) atoms. The first-order valence-corrected chi connectivity index (χ1v) is 18.2. The van der Waals surface area contributed by atoms with Gasteiger partial charge in [-0.3, -0.25) is 14.4 Å². The molecule has 0 bridgehead atoms. The third kappa shape index (κ3) is 15.0. The molecule has 0 aromatic heterocycles. The zero-order valence-corrected chi connectivity index (χ0v) is 14.2. The fourth-order valence-electron chi connectivity index (χ4n) is 0.859. The second kappa shape index (κ2) is 8.12. The van der Waals surface area contributed by atoms with Crippen molar-refractivity contribution in [2.75, 3.05) is 0 Å². The number of ketones is 3. The van der Waals surface area contributed by atoms with Crippen molar-refractivity contribution in [2.24, 2.45) is 5.92 Å². The standard InChI is InChI=1S/C7H10O3.4ClH.Sn/c1-4(8)7(5(2)9)6(3)10;;;;;/h7H,1-3H3;4*1H;/q;;;;;+4/p-4. The van der Waals surface area contributed by atoms with Gasteiger partial charge in [-0.2, -0.15) is 0 Å². The van der Waals surface area contributed by atoms with Crippen molar-refractivity contribution in [1.29, 1.82) is 0 Å². The molecule has 0 unspecified atom stereocenters. The van der Waals surface area contributed by atoms with E-state index in [-0.39, 0.29) is 17.3 Å². The topological polar surface area (TPSA) is 51.2 Å². The SMILES string of the molecule is CC(=O)C(C(C)=O)C(C)=O.[Cl][Sn]([Cl])([Cl])[Cl]. The third-order valence-electron chi connectivity index (χ3n) is 1.22. The third-order valence-corrected chi connectivity index (χ3v) is 1.22. The molecule has 0 aliphatic heterocycles. The fraction of sp³-hybridized carbons (Fsp3) is 0.571. The Balaban J connectivity index is 0. The first-order chi connectivity index (χ1) is 6.46. The maximum atomic E-state index is 10.6. The predicted octanol–water partition coefficient (Wildman–Crippen LogP) is 2.75. The van der Waals surface area contributed by atoms with E-state index in [9.17, 15) is 14.4 Å². The Bertz CT molecular complexity index is 222. The van der Waals surface area contributed by atoms with E-state index < -0.39 is 19.8 Å². The minimum atomic E-state index is -3.29. The Hall–Kier alpha value is 0.969. The van der Waals surface area contributed by atoms with Crippen molar-refractivity contribution in [3.8, 4) is 0 Å². The number of carbonyl (C=O) groups excluding carboxylic acids is 3. The van der Waals surface area contributed by atoms with E-state index in [4.69, 9.17) is 35.7 Å². The molecule has 0 aliphatic rings. The molecule has 0 aliphatic carbocycles. The number of halogens is 4. The fourth-order valence-corrected chi connectivity index (χ4v) is 0.859.